The van der Waals surface area contributed by atoms with E-state index in [9.17, 15) is 9.90 Å². The van der Waals surface area contributed by atoms with Crippen LogP contribution in [0.1, 0.15) is 13.8 Å². The highest BCUT2D eigenvalue weighted by Gasteiger charge is 2.11. The summed E-state index contributed by atoms with van der Waals surface area (Å²) in [7, 11) is 0. The number of rotatable bonds is 11. The summed E-state index contributed by atoms with van der Waals surface area (Å²) in [6.45, 7) is 5.17. The van der Waals surface area contributed by atoms with E-state index in [1.165, 1.54) is 0 Å². The second-order valence-electron chi connectivity index (χ2n) is 4.22. The fourth-order valence-corrected chi connectivity index (χ4v) is 1.11. The van der Waals surface area contributed by atoms with Crippen LogP contribution >= 0.6 is 0 Å². The first-order valence-electron chi connectivity index (χ1n) is 5.99. The van der Waals surface area contributed by atoms with Crippen molar-refractivity contribution in [2.75, 3.05) is 32.9 Å². The highest BCUT2D eigenvalue weighted by atomic mass is 16.5. The molecule has 0 aliphatic rings. The van der Waals surface area contributed by atoms with Crippen molar-refractivity contribution in [3.05, 3.63) is 0 Å². The number of primary amides is 1. The van der Waals surface area contributed by atoms with Crippen molar-refractivity contribution in [2.24, 2.45) is 5.73 Å². The largest absolute Gasteiger partial charge is 0.389 e. The molecule has 2 atom stereocenters. The fraction of sp³-hybridized carbons (Fsp3) is 0.909. The van der Waals surface area contributed by atoms with Crippen LogP contribution in [0, 0.1) is 0 Å². The second kappa shape index (κ2) is 10.2. The van der Waals surface area contributed by atoms with Gasteiger partial charge >= 0.3 is 0 Å². The average Bonchev–Trinajstić information content (AvgIpc) is 2.27. The molecule has 0 aliphatic heterocycles. The monoisotopic (exact) mass is 264 g/mol. The van der Waals surface area contributed by atoms with Crippen molar-refractivity contribution >= 4 is 5.91 Å². The van der Waals surface area contributed by atoms with Gasteiger partial charge in [0.2, 0.25) is 5.91 Å². The zero-order valence-electron chi connectivity index (χ0n) is 11.0. The van der Waals surface area contributed by atoms with Gasteiger partial charge in [0, 0.05) is 13.1 Å². The van der Waals surface area contributed by atoms with Gasteiger partial charge in [-0.15, -0.1) is 0 Å². The Bertz CT molecular complexity index is 225. The lowest BCUT2D eigenvalue weighted by atomic mass is 10.3. The van der Waals surface area contributed by atoms with Crippen LogP contribution in [0.4, 0.5) is 0 Å². The first-order chi connectivity index (χ1) is 8.43. The van der Waals surface area contributed by atoms with Crippen LogP contribution in [0.3, 0.4) is 0 Å². The molecule has 0 aromatic rings. The number of aliphatic hydroxyl groups is 2. The Morgan fingerprint density at radius 1 is 1.28 bits per heavy atom. The van der Waals surface area contributed by atoms with Gasteiger partial charge in [-0.25, -0.2) is 0 Å². The molecule has 0 aromatic heterocycles. The van der Waals surface area contributed by atoms with Crippen molar-refractivity contribution in [3.63, 3.8) is 0 Å². The summed E-state index contributed by atoms with van der Waals surface area (Å²) in [5, 5.41) is 21.3. The van der Waals surface area contributed by atoms with Gasteiger partial charge in [0.05, 0.1) is 32.0 Å². The molecule has 7 nitrogen and oxygen atoms in total. The number of aliphatic hydroxyl groups excluding tert-OH is 2. The number of nitrogens with two attached hydrogens (primary N) is 1. The second-order valence-corrected chi connectivity index (χ2v) is 4.22. The first kappa shape index (κ1) is 17.3. The third kappa shape index (κ3) is 10.4. The maximum atomic E-state index is 10.5. The van der Waals surface area contributed by atoms with Crippen molar-refractivity contribution in [2.45, 2.75) is 32.2 Å². The molecule has 0 radical (unpaired) electrons. The van der Waals surface area contributed by atoms with Crippen molar-refractivity contribution in [3.8, 4) is 0 Å². The zero-order valence-corrected chi connectivity index (χ0v) is 11.0. The fourth-order valence-electron chi connectivity index (χ4n) is 1.11. The molecular formula is C11H24N2O5. The standard InChI is InChI=1S/C11H24N2O5/c1-8(2)18-4-3-17-7-9(14)5-13-6-10(15)11(12)16/h8-10,13-15H,3-7H2,1-2H3,(H2,12,16). The Morgan fingerprint density at radius 2 is 1.94 bits per heavy atom. The van der Waals surface area contributed by atoms with E-state index in [1.54, 1.807) is 0 Å². The minimum atomic E-state index is -1.24. The average molecular weight is 264 g/mol. The minimum Gasteiger partial charge on any atom is -0.389 e. The van der Waals surface area contributed by atoms with E-state index in [1.807, 2.05) is 13.8 Å². The lowest BCUT2D eigenvalue weighted by Gasteiger charge is -2.14. The van der Waals surface area contributed by atoms with E-state index in [-0.39, 0.29) is 25.8 Å². The van der Waals surface area contributed by atoms with Gasteiger partial charge in [0.25, 0.3) is 0 Å². The topological polar surface area (TPSA) is 114 Å². The molecule has 108 valence electrons. The molecule has 7 heteroatoms. The van der Waals surface area contributed by atoms with E-state index in [0.29, 0.717) is 13.2 Å². The minimum absolute atomic E-state index is 0.0167. The number of carbonyl (C=O) groups is 1. The van der Waals surface area contributed by atoms with Gasteiger partial charge in [-0.1, -0.05) is 0 Å². The number of carbonyl (C=O) groups excluding carboxylic acids is 1. The van der Waals surface area contributed by atoms with Crippen molar-refractivity contribution in [1.82, 2.24) is 5.32 Å². The number of hydrogen-bond acceptors (Lipinski definition) is 6. The number of hydrogen-bond donors (Lipinski definition) is 4. The Morgan fingerprint density at radius 3 is 2.50 bits per heavy atom. The number of ether oxygens (including phenoxy) is 2. The Kier molecular flexibility index (Phi) is 9.80. The molecular weight excluding hydrogens is 240 g/mol. The van der Waals surface area contributed by atoms with Crippen LogP contribution in [-0.2, 0) is 14.3 Å². The van der Waals surface area contributed by atoms with Crippen LogP contribution in [0.25, 0.3) is 0 Å². The lowest BCUT2D eigenvalue weighted by Crippen LogP contribution is -2.41. The molecule has 18 heavy (non-hydrogen) atoms. The maximum absolute atomic E-state index is 10.5. The van der Waals surface area contributed by atoms with Crippen LogP contribution in [0.5, 0.6) is 0 Å². The SMILES string of the molecule is CC(C)OCCOCC(O)CNCC(O)C(N)=O. The Labute approximate surface area is 107 Å². The molecule has 0 bridgehead atoms. The van der Waals surface area contributed by atoms with Gasteiger partial charge < -0.3 is 30.7 Å². The van der Waals surface area contributed by atoms with Gasteiger partial charge in [-0.2, -0.15) is 0 Å². The zero-order chi connectivity index (χ0) is 14.0. The molecule has 0 spiro atoms. The summed E-state index contributed by atoms with van der Waals surface area (Å²) in [6.07, 6.45) is -1.78. The Balaban J connectivity index is 3.37. The Hall–Kier alpha value is -0.730. The van der Waals surface area contributed by atoms with Crippen LogP contribution in [0.15, 0.2) is 0 Å². The van der Waals surface area contributed by atoms with Gasteiger partial charge in [0.15, 0.2) is 0 Å². The summed E-state index contributed by atoms with van der Waals surface area (Å²) in [5.41, 5.74) is 4.86. The maximum Gasteiger partial charge on any atom is 0.247 e. The van der Waals surface area contributed by atoms with Gasteiger partial charge in [0.1, 0.15) is 6.10 Å². The normalized spacial score (nSPS) is 14.7. The predicted molar refractivity (Wildman–Crippen MR) is 66.0 cm³/mol. The summed E-state index contributed by atoms with van der Waals surface area (Å²) < 4.78 is 10.4. The van der Waals surface area contributed by atoms with E-state index in [4.69, 9.17) is 20.3 Å². The highest BCUT2D eigenvalue weighted by Crippen LogP contribution is 1.89. The summed E-state index contributed by atoms with van der Waals surface area (Å²) in [4.78, 5) is 10.5. The van der Waals surface area contributed by atoms with Gasteiger partial charge in [-0.3, -0.25) is 4.79 Å². The molecule has 0 fully saturated rings. The third-order valence-electron chi connectivity index (χ3n) is 2.04. The lowest BCUT2D eigenvalue weighted by molar-refractivity contribution is -0.125. The molecule has 0 aromatic carbocycles. The van der Waals surface area contributed by atoms with Crippen LogP contribution < -0.4 is 11.1 Å². The molecule has 0 heterocycles. The predicted octanol–water partition coefficient (Wildman–Crippen LogP) is -1.78. The van der Waals surface area contributed by atoms with Crippen molar-refractivity contribution in [1.29, 1.82) is 0 Å². The number of amides is 1. The van der Waals surface area contributed by atoms with E-state index in [2.05, 4.69) is 5.32 Å². The van der Waals surface area contributed by atoms with Crippen molar-refractivity contribution < 1.29 is 24.5 Å². The summed E-state index contributed by atoms with van der Waals surface area (Å²) in [5.74, 6) is -0.793. The third-order valence-corrected chi connectivity index (χ3v) is 2.04. The first-order valence-corrected chi connectivity index (χ1v) is 5.99. The summed E-state index contributed by atoms with van der Waals surface area (Å²) in [6, 6.07) is 0. The number of nitrogens with one attached hydrogen (secondary N) is 1. The molecule has 1 amide bonds. The van der Waals surface area contributed by atoms with E-state index < -0.39 is 18.1 Å². The summed E-state index contributed by atoms with van der Waals surface area (Å²) >= 11 is 0. The molecule has 0 saturated heterocycles. The molecule has 0 rings (SSSR count). The van der Waals surface area contributed by atoms with Crippen LogP contribution in [-0.4, -0.2) is 67.3 Å². The molecule has 0 saturated carbocycles. The van der Waals surface area contributed by atoms with Crippen LogP contribution in [0.2, 0.25) is 0 Å². The molecule has 2 unspecified atom stereocenters. The molecule has 5 N–H and O–H groups in total. The van der Waals surface area contributed by atoms with E-state index >= 15 is 0 Å². The quantitative estimate of drug-likeness (QED) is 0.328. The molecule has 0 aliphatic carbocycles. The van der Waals surface area contributed by atoms with Gasteiger partial charge in [-0.05, 0) is 13.8 Å². The van der Waals surface area contributed by atoms with E-state index in [0.717, 1.165) is 0 Å². The smallest absolute Gasteiger partial charge is 0.247 e. The highest BCUT2D eigenvalue weighted by molar-refractivity contribution is 5.78.